The van der Waals surface area contributed by atoms with Gasteiger partial charge in [-0.25, -0.2) is 4.39 Å². The Balaban J connectivity index is 2.20. The van der Waals surface area contributed by atoms with Gasteiger partial charge in [0.2, 0.25) is 0 Å². The lowest BCUT2D eigenvalue weighted by atomic mass is 9.95. The van der Waals surface area contributed by atoms with Crippen molar-refractivity contribution in [1.29, 1.82) is 0 Å². The summed E-state index contributed by atoms with van der Waals surface area (Å²) in [5.74, 6) is -0.377. The molecule has 1 heterocycles. The fraction of sp³-hybridized carbons (Fsp3) is 0.455. The number of halogens is 2. The van der Waals surface area contributed by atoms with Crippen molar-refractivity contribution < 1.29 is 14.2 Å². The number of benzene rings is 1. The molecule has 0 saturated carbocycles. The molecule has 1 aliphatic rings. The summed E-state index contributed by atoms with van der Waals surface area (Å²) in [5.41, 5.74) is 0.524. The van der Waals surface area contributed by atoms with Gasteiger partial charge < -0.3 is 9.84 Å². The Kier molecular flexibility index (Phi) is 3.24. The van der Waals surface area contributed by atoms with Crippen LogP contribution in [-0.2, 0) is 4.74 Å². The maximum Gasteiger partial charge on any atom is 0.125 e. The maximum atomic E-state index is 13.0. The zero-order valence-corrected chi connectivity index (χ0v) is 8.88. The molecular weight excluding hydrogens is 219 g/mol. The predicted molar refractivity (Wildman–Crippen MR) is 55.3 cm³/mol. The van der Waals surface area contributed by atoms with Gasteiger partial charge in [-0.3, -0.25) is 0 Å². The third-order valence-corrected chi connectivity index (χ3v) is 2.86. The zero-order chi connectivity index (χ0) is 10.8. The molecule has 2 nitrogen and oxygen atoms in total. The van der Waals surface area contributed by atoms with E-state index in [0.717, 1.165) is 6.42 Å². The highest BCUT2D eigenvalue weighted by molar-refractivity contribution is 6.30. The third-order valence-electron chi connectivity index (χ3n) is 2.64. The van der Waals surface area contributed by atoms with Crippen molar-refractivity contribution in [3.05, 3.63) is 34.6 Å². The van der Waals surface area contributed by atoms with E-state index in [1.807, 2.05) is 0 Å². The van der Waals surface area contributed by atoms with Crippen LogP contribution in [0.1, 0.15) is 18.1 Å². The quantitative estimate of drug-likeness (QED) is 0.846. The van der Waals surface area contributed by atoms with Crippen LogP contribution in [0.2, 0.25) is 5.02 Å². The van der Waals surface area contributed by atoms with E-state index >= 15 is 0 Å². The second-order valence-corrected chi connectivity index (χ2v) is 4.21. The van der Waals surface area contributed by atoms with Crippen molar-refractivity contribution in [3.63, 3.8) is 0 Å². The van der Waals surface area contributed by atoms with Gasteiger partial charge in [0.05, 0.1) is 12.7 Å². The summed E-state index contributed by atoms with van der Waals surface area (Å²) >= 11 is 5.72. The van der Waals surface area contributed by atoms with Gasteiger partial charge in [0.25, 0.3) is 0 Å². The summed E-state index contributed by atoms with van der Waals surface area (Å²) in [6.45, 7) is 1.18. The van der Waals surface area contributed by atoms with Crippen LogP contribution in [0.15, 0.2) is 18.2 Å². The van der Waals surface area contributed by atoms with Crippen LogP contribution in [0.3, 0.4) is 0 Å². The molecule has 0 aliphatic carbocycles. The van der Waals surface area contributed by atoms with Crippen LogP contribution in [-0.4, -0.2) is 18.3 Å². The van der Waals surface area contributed by atoms with Crippen LogP contribution in [0.25, 0.3) is 0 Å². The van der Waals surface area contributed by atoms with Gasteiger partial charge in [-0.15, -0.1) is 0 Å². The van der Waals surface area contributed by atoms with E-state index < -0.39 is 11.9 Å². The first-order chi connectivity index (χ1) is 7.16. The number of rotatable bonds is 2. The first kappa shape index (κ1) is 10.9. The monoisotopic (exact) mass is 230 g/mol. The van der Waals surface area contributed by atoms with Crippen molar-refractivity contribution in [1.82, 2.24) is 0 Å². The molecule has 1 aromatic rings. The van der Waals surface area contributed by atoms with Crippen molar-refractivity contribution in [2.24, 2.45) is 5.92 Å². The van der Waals surface area contributed by atoms with Gasteiger partial charge >= 0.3 is 0 Å². The summed E-state index contributed by atoms with van der Waals surface area (Å²) in [6, 6.07) is 4.13. The Morgan fingerprint density at radius 1 is 1.47 bits per heavy atom. The standard InChI is InChI=1S/C11H12ClFO2/c12-9-3-8(4-10(13)5-9)11(14)7-1-2-15-6-7/h3-5,7,11,14H,1-2,6H2. The van der Waals surface area contributed by atoms with Crippen LogP contribution in [0, 0.1) is 11.7 Å². The Hall–Kier alpha value is -0.640. The van der Waals surface area contributed by atoms with Crippen LogP contribution in [0.4, 0.5) is 4.39 Å². The minimum Gasteiger partial charge on any atom is -0.388 e. The van der Waals surface area contributed by atoms with Crippen molar-refractivity contribution in [2.75, 3.05) is 13.2 Å². The Labute approximate surface area is 92.6 Å². The molecule has 1 fully saturated rings. The second-order valence-electron chi connectivity index (χ2n) is 3.77. The van der Waals surface area contributed by atoms with E-state index in [9.17, 15) is 9.50 Å². The first-order valence-electron chi connectivity index (χ1n) is 4.88. The number of aliphatic hydroxyl groups is 1. The minimum absolute atomic E-state index is 0.0443. The molecule has 0 aromatic heterocycles. The molecule has 0 spiro atoms. The maximum absolute atomic E-state index is 13.0. The second kappa shape index (κ2) is 4.47. The number of hydrogen-bond acceptors (Lipinski definition) is 2. The van der Waals surface area contributed by atoms with E-state index in [4.69, 9.17) is 16.3 Å². The molecule has 1 N–H and O–H groups in total. The molecule has 1 aliphatic heterocycles. The highest BCUT2D eigenvalue weighted by Crippen LogP contribution is 2.30. The molecule has 0 radical (unpaired) electrons. The largest absolute Gasteiger partial charge is 0.388 e. The number of hydrogen-bond donors (Lipinski definition) is 1. The van der Waals surface area contributed by atoms with Gasteiger partial charge in [0.1, 0.15) is 5.82 Å². The van der Waals surface area contributed by atoms with Crippen molar-refractivity contribution >= 4 is 11.6 Å². The Morgan fingerprint density at radius 3 is 2.87 bits per heavy atom. The molecule has 0 bridgehead atoms. The van der Waals surface area contributed by atoms with Gasteiger partial charge in [0.15, 0.2) is 0 Å². The first-order valence-corrected chi connectivity index (χ1v) is 5.26. The van der Waals surface area contributed by atoms with Crippen molar-refractivity contribution in [2.45, 2.75) is 12.5 Å². The van der Waals surface area contributed by atoms with Gasteiger partial charge in [0, 0.05) is 17.5 Å². The van der Waals surface area contributed by atoms with Crippen molar-refractivity contribution in [3.8, 4) is 0 Å². The average molecular weight is 231 g/mol. The molecular formula is C11H12ClFO2. The lowest BCUT2D eigenvalue weighted by Crippen LogP contribution is -2.12. The van der Waals surface area contributed by atoms with E-state index in [2.05, 4.69) is 0 Å². The van der Waals surface area contributed by atoms with Gasteiger partial charge in [-0.2, -0.15) is 0 Å². The van der Waals surface area contributed by atoms with E-state index in [-0.39, 0.29) is 5.92 Å². The molecule has 2 atom stereocenters. The zero-order valence-electron chi connectivity index (χ0n) is 8.12. The summed E-state index contributed by atoms with van der Waals surface area (Å²) in [5, 5.41) is 10.3. The SMILES string of the molecule is OC(c1cc(F)cc(Cl)c1)C1CCOC1. The summed E-state index contributed by atoms with van der Waals surface area (Å²) < 4.78 is 18.2. The van der Waals surface area contributed by atoms with E-state index in [0.29, 0.717) is 23.8 Å². The fourth-order valence-electron chi connectivity index (χ4n) is 1.82. The molecule has 1 saturated heterocycles. The summed E-state index contributed by atoms with van der Waals surface area (Å²) in [4.78, 5) is 0. The van der Waals surface area contributed by atoms with E-state index in [1.165, 1.54) is 12.1 Å². The molecule has 1 aromatic carbocycles. The fourth-order valence-corrected chi connectivity index (χ4v) is 2.05. The Morgan fingerprint density at radius 2 is 2.27 bits per heavy atom. The third kappa shape index (κ3) is 2.48. The van der Waals surface area contributed by atoms with Gasteiger partial charge in [-0.05, 0) is 30.2 Å². The molecule has 0 amide bonds. The molecule has 82 valence electrons. The highest BCUT2D eigenvalue weighted by atomic mass is 35.5. The minimum atomic E-state index is -0.694. The lowest BCUT2D eigenvalue weighted by molar-refractivity contribution is 0.0915. The molecule has 2 unspecified atom stereocenters. The normalized spacial score (nSPS) is 23.0. The predicted octanol–water partition coefficient (Wildman–Crippen LogP) is 2.55. The smallest absolute Gasteiger partial charge is 0.125 e. The molecule has 4 heteroatoms. The summed E-state index contributed by atoms with van der Waals surface area (Å²) in [6.07, 6.45) is 0.107. The number of aliphatic hydroxyl groups excluding tert-OH is 1. The van der Waals surface area contributed by atoms with Crippen LogP contribution >= 0.6 is 11.6 Å². The van der Waals surface area contributed by atoms with Crippen LogP contribution in [0.5, 0.6) is 0 Å². The average Bonchev–Trinajstić information content (AvgIpc) is 2.67. The lowest BCUT2D eigenvalue weighted by Gasteiger charge is -2.16. The molecule has 15 heavy (non-hydrogen) atoms. The Bertz CT molecular complexity index is 330. The molecule has 2 rings (SSSR count). The highest BCUT2D eigenvalue weighted by Gasteiger charge is 2.25. The summed E-state index contributed by atoms with van der Waals surface area (Å²) in [7, 11) is 0. The van der Waals surface area contributed by atoms with E-state index in [1.54, 1.807) is 6.07 Å². The number of ether oxygens (including phenoxy) is 1. The van der Waals surface area contributed by atoms with Crippen LogP contribution < -0.4 is 0 Å². The topological polar surface area (TPSA) is 29.5 Å². The van der Waals surface area contributed by atoms with Gasteiger partial charge in [-0.1, -0.05) is 11.6 Å².